The molecule has 1 saturated heterocycles. The quantitative estimate of drug-likeness (QED) is 0.769. The van der Waals surface area contributed by atoms with Gasteiger partial charge in [-0.1, -0.05) is 0 Å². The molecule has 3 aromatic heterocycles. The number of rotatable bonds is 4. The number of nitrogens with zero attached hydrogens (tertiary/aromatic N) is 7. The Morgan fingerprint density at radius 3 is 2.68 bits per heavy atom. The topological polar surface area (TPSA) is 83.0 Å². The largest absolute Gasteiger partial charge is 0.370 e. The summed E-state index contributed by atoms with van der Waals surface area (Å²) in [6.45, 7) is 6.34. The SMILES string of the molecule is CCNc1ccnc(N2CCN(c3ncnc4cnccc34)CC2)n1. The molecule has 8 heteroatoms. The van der Waals surface area contributed by atoms with Gasteiger partial charge in [0.2, 0.25) is 5.95 Å². The van der Waals surface area contributed by atoms with Gasteiger partial charge < -0.3 is 15.1 Å². The van der Waals surface area contributed by atoms with Crippen LogP contribution in [0, 0.1) is 0 Å². The van der Waals surface area contributed by atoms with Crippen molar-refractivity contribution in [2.45, 2.75) is 6.92 Å². The molecule has 4 heterocycles. The van der Waals surface area contributed by atoms with Crippen molar-refractivity contribution >= 4 is 28.5 Å². The fraction of sp³-hybridized carbons (Fsp3) is 0.353. The summed E-state index contributed by atoms with van der Waals surface area (Å²) in [5, 5.41) is 4.27. The fourth-order valence-electron chi connectivity index (χ4n) is 3.04. The van der Waals surface area contributed by atoms with Gasteiger partial charge in [-0.25, -0.2) is 15.0 Å². The van der Waals surface area contributed by atoms with E-state index in [1.807, 2.05) is 12.1 Å². The maximum absolute atomic E-state index is 4.59. The van der Waals surface area contributed by atoms with Crippen molar-refractivity contribution in [1.29, 1.82) is 0 Å². The van der Waals surface area contributed by atoms with Crippen molar-refractivity contribution in [3.8, 4) is 0 Å². The average molecular weight is 336 g/mol. The molecular weight excluding hydrogens is 316 g/mol. The maximum atomic E-state index is 4.59. The van der Waals surface area contributed by atoms with E-state index in [1.54, 1.807) is 24.9 Å². The van der Waals surface area contributed by atoms with E-state index in [4.69, 9.17) is 0 Å². The fourth-order valence-corrected chi connectivity index (χ4v) is 3.04. The first-order valence-corrected chi connectivity index (χ1v) is 8.46. The van der Waals surface area contributed by atoms with E-state index in [-0.39, 0.29) is 0 Å². The van der Waals surface area contributed by atoms with Gasteiger partial charge in [0.25, 0.3) is 0 Å². The highest BCUT2D eigenvalue weighted by Gasteiger charge is 2.21. The molecular formula is C17H20N8. The van der Waals surface area contributed by atoms with Gasteiger partial charge in [-0.15, -0.1) is 0 Å². The van der Waals surface area contributed by atoms with Gasteiger partial charge in [-0.3, -0.25) is 4.98 Å². The lowest BCUT2D eigenvalue weighted by Crippen LogP contribution is -2.47. The number of hydrogen-bond acceptors (Lipinski definition) is 8. The van der Waals surface area contributed by atoms with E-state index in [9.17, 15) is 0 Å². The lowest BCUT2D eigenvalue weighted by atomic mass is 10.2. The Bertz CT molecular complexity index is 855. The zero-order valence-corrected chi connectivity index (χ0v) is 14.1. The summed E-state index contributed by atoms with van der Waals surface area (Å²) < 4.78 is 0. The summed E-state index contributed by atoms with van der Waals surface area (Å²) >= 11 is 0. The van der Waals surface area contributed by atoms with Crippen LogP contribution >= 0.6 is 0 Å². The standard InChI is InChI=1S/C17H20N8/c1-2-19-15-4-6-20-17(23-15)25-9-7-24(8-10-25)16-13-3-5-18-11-14(13)21-12-22-16/h3-6,11-12H,2,7-10H2,1H3,(H,19,20,23). The van der Waals surface area contributed by atoms with Crippen LogP contribution in [0.15, 0.2) is 37.1 Å². The molecule has 4 rings (SSSR count). The van der Waals surface area contributed by atoms with Crippen LogP contribution in [0.3, 0.4) is 0 Å². The molecule has 128 valence electrons. The highest BCUT2D eigenvalue weighted by Crippen LogP contribution is 2.23. The summed E-state index contributed by atoms with van der Waals surface area (Å²) in [6, 6.07) is 3.87. The van der Waals surface area contributed by atoms with E-state index >= 15 is 0 Å². The zero-order chi connectivity index (χ0) is 17.1. The van der Waals surface area contributed by atoms with E-state index in [2.05, 4.69) is 47.0 Å². The molecule has 0 amide bonds. The molecule has 0 spiro atoms. The molecule has 0 atom stereocenters. The smallest absolute Gasteiger partial charge is 0.227 e. The lowest BCUT2D eigenvalue weighted by Gasteiger charge is -2.35. The molecule has 1 N–H and O–H groups in total. The Labute approximate surface area is 146 Å². The second-order valence-corrected chi connectivity index (χ2v) is 5.84. The van der Waals surface area contributed by atoms with Crippen LogP contribution in [-0.4, -0.2) is 57.6 Å². The molecule has 0 radical (unpaired) electrons. The summed E-state index contributed by atoms with van der Waals surface area (Å²) in [7, 11) is 0. The summed E-state index contributed by atoms with van der Waals surface area (Å²) in [6.07, 6.45) is 6.97. The maximum Gasteiger partial charge on any atom is 0.227 e. The van der Waals surface area contributed by atoms with Crippen molar-refractivity contribution in [3.63, 3.8) is 0 Å². The van der Waals surface area contributed by atoms with Crippen molar-refractivity contribution in [2.24, 2.45) is 0 Å². The molecule has 25 heavy (non-hydrogen) atoms. The van der Waals surface area contributed by atoms with Gasteiger partial charge in [0.1, 0.15) is 18.0 Å². The minimum absolute atomic E-state index is 0.773. The van der Waals surface area contributed by atoms with Gasteiger partial charge in [0.05, 0.1) is 11.7 Å². The second kappa shape index (κ2) is 6.84. The third-order valence-electron chi connectivity index (χ3n) is 4.28. The first-order valence-electron chi connectivity index (χ1n) is 8.46. The molecule has 1 fully saturated rings. The number of aromatic nitrogens is 5. The Balaban J connectivity index is 1.50. The molecule has 0 aliphatic carbocycles. The second-order valence-electron chi connectivity index (χ2n) is 5.84. The molecule has 3 aromatic rings. The zero-order valence-electron chi connectivity index (χ0n) is 14.1. The first kappa shape index (κ1) is 15.5. The Morgan fingerprint density at radius 2 is 1.84 bits per heavy atom. The van der Waals surface area contributed by atoms with Crippen LogP contribution < -0.4 is 15.1 Å². The molecule has 0 unspecified atom stereocenters. The highest BCUT2D eigenvalue weighted by molar-refractivity contribution is 5.88. The monoisotopic (exact) mass is 336 g/mol. The van der Waals surface area contributed by atoms with Crippen LogP contribution in [0.4, 0.5) is 17.6 Å². The van der Waals surface area contributed by atoms with Gasteiger partial charge in [0, 0.05) is 50.5 Å². The number of nitrogens with one attached hydrogen (secondary N) is 1. The van der Waals surface area contributed by atoms with Gasteiger partial charge in [0.15, 0.2) is 0 Å². The van der Waals surface area contributed by atoms with Crippen LogP contribution in [0.2, 0.25) is 0 Å². The Morgan fingerprint density at radius 1 is 1.00 bits per heavy atom. The van der Waals surface area contributed by atoms with Gasteiger partial charge in [-0.2, -0.15) is 4.98 Å². The van der Waals surface area contributed by atoms with Crippen LogP contribution in [0.25, 0.3) is 10.9 Å². The Kier molecular flexibility index (Phi) is 4.24. The number of fused-ring (bicyclic) bond motifs is 1. The van der Waals surface area contributed by atoms with Crippen molar-refractivity contribution in [1.82, 2.24) is 24.9 Å². The van der Waals surface area contributed by atoms with Gasteiger partial charge >= 0.3 is 0 Å². The summed E-state index contributed by atoms with van der Waals surface area (Å²) in [4.78, 5) is 26.4. The minimum Gasteiger partial charge on any atom is -0.370 e. The first-order chi connectivity index (χ1) is 12.3. The van der Waals surface area contributed by atoms with E-state index in [0.29, 0.717) is 0 Å². The van der Waals surface area contributed by atoms with Gasteiger partial charge in [-0.05, 0) is 19.1 Å². The molecule has 1 aliphatic rings. The third kappa shape index (κ3) is 3.15. The predicted octanol–water partition coefficient (Wildman–Crippen LogP) is 1.57. The number of piperazine rings is 1. The van der Waals surface area contributed by atoms with E-state index in [1.165, 1.54) is 0 Å². The van der Waals surface area contributed by atoms with Crippen molar-refractivity contribution in [3.05, 3.63) is 37.1 Å². The Hall–Kier alpha value is -3.03. The summed E-state index contributed by atoms with van der Waals surface area (Å²) in [5.74, 6) is 2.61. The van der Waals surface area contributed by atoms with E-state index in [0.717, 1.165) is 61.2 Å². The summed E-state index contributed by atoms with van der Waals surface area (Å²) in [5.41, 5.74) is 0.872. The molecule has 8 nitrogen and oxygen atoms in total. The van der Waals surface area contributed by atoms with Crippen LogP contribution in [0.1, 0.15) is 6.92 Å². The number of pyridine rings is 1. The average Bonchev–Trinajstić information content (AvgIpc) is 2.68. The predicted molar refractivity (Wildman–Crippen MR) is 98.0 cm³/mol. The molecule has 1 aliphatic heterocycles. The number of anilines is 3. The molecule has 0 bridgehead atoms. The van der Waals surface area contributed by atoms with Crippen LogP contribution in [-0.2, 0) is 0 Å². The molecule has 0 aromatic carbocycles. The lowest BCUT2D eigenvalue weighted by molar-refractivity contribution is 0.636. The molecule has 0 saturated carbocycles. The van der Waals surface area contributed by atoms with Crippen molar-refractivity contribution in [2.75, 3.05) is 47.8 Å². The minimum atomic E-state index is 0.773. The van der Waals surface area contributed by atoms with Crippen LogP contribution in [0.5, 0.6) is 0 Å². The number of hydrogen-bond donors (Lipinski definition) is 1. The normalized spacial score (nSPS) is 14.8. The highest BCUT2D eigenvalue weighted by atomic mass is 15.3. The van der Waals surface area contributed by atoms with E-state index < -0.39 is 0 Å². The third-order valence-corrected chi connectivity index (χ3v) is 4.28. The van der Waals surface area contributed by atoms with Crippen molar-refractivity contribution < 1.29 is 0 Å².